The predicted octanol–water partition coefficient (Wildman–Crippen LogP) is 2.82. The van der Waals surface area contributed by atoms with Gasteiger partial charge in [0.25, 0.3) is 0 Å². The van der Waals surface area contributed by atoms with Gasteiger partial charge < -0.3 is 15.7 Å². The number of nitrogens with zero attached hydrogens (tertiary/aromatic N) is 4. The summed E-state index contributed by atoms with van der Waals surface area (Å²) in [5.74, 6) is 1.39. The molecular weight excluding hydrogens is 364 g/mol. The number of guanidine groups is 1. The molecule has 0 aliphatic rings. The van der Waals surface area contributed by atoms with Gasteiger partial charge in [0.15, 0.2) is 17.4 Å². The molecule has 7 nitrogen and oxygen atoms in total. The molecule has 7 heteroatoms. The summed E-state index contributed by atoms with van der Waals surface area (Å²) in [6.07, 6.45) is 1.30. The van der Waals surface area contributed by atoms with Crippen molar-refractivity contribution in [1.29, 1.82) is 0 Å². The second kappa shape index (κ2) is 9.05. The third-order valence-electron chi connectivity index (χ3n) is 4.73. The van der Waals surface area contributed by atoms with Gasteiger partial charge in [-0.25, -0.2) is 4.99 Å². The Hall–Kier alpha value is -2.93. The molecule has 0 saturated carbocycles. The minimum absolute atomic E-state index is 0.0957. The van der Waals surface area contributed by atoms with Crippen LogP contribution in [0.3, 0.4) is 0 Å². The number of fused-ring (bicyclic) bond motifs is 1. The summed E-state index contributed by atoms with van der Waals surface area (Å²) in [5, 5.41) is 25.3. The molecule has 154 valence electrons. The summed E-state index contributed by atoms with van der Waals surface area (Å²) in [6, 6.07) is 13.9. The van der Waals surface area contributed by atoms with E-state index in [-0.39, 0.29) is 5.41 Å². The number of pyridine rings is 1. The Labute approximate surface area is 171 Å². The molecule has 0 amide bonds. The zero-order valence-electron chi connectivity index (χ0n) is 17.6. The van der Waals surface area contributed by atoms with Crippen molar-refractivity contribution in [3.63, 3.8) is 0 Å². The second-order valence-electron chi connectivity index (χ2n) is 8.01. The molecule has 0 fully saturated rings. The van der Waals surface area contributed by atoms with Gasteiger partial charge in [-0.2, -0.15) is 0 Å². The van der Waals surface area contributed by atoms with Crippen LogP contribution >= 0.6 is 0 Å². The zero-order valence-corrected chi connectivity index (χ0v) is 17.6. The molecule has 0 spiro atoms. The van der Waals surface area contributed by atoms with Crippen LogP contribution in [0.2, 0.25) is 0 Å². The van der Waals surface area contributed by atoms with E-state index in [0.29, 0.717) is 19.0 Å². The number of aliphatic imine (C=N–C) groups is 1. The minimum Gasteiger partial charge on any atom is -0.387 e. The number of hydrogen-bond acceptors (Lipinski definition) is 4. The van der Waals surface area contributed by atoms with Crippen molar-refractivity contribution in [3.05, 3.63) is 65.6 Å². The summed E-state index contributed by atoms with van der Waals surface area (Å²) >= 11 is 0. The Morgan fingerprint density at radius 1 is 1.10 bits per heavy atom. The van der Waals surface area contributed by atoms with Gasteiger partial charge in [0, 0.05) is 19.3 Å². The first-order chi connectivity index (χ1) is 13.9. The Kier molecular flexibility index (Phi) is 6.49. The van der Waals surface area contributed by atoms with Crippen LogP contribution in [0, 0.1) is 0 Å². The first-order valence-electron chi connectivity index (χ1n) is 9.98. The van der Waals surface area contributed by atoms with Gasteiger partial charge >= 0.3 is 0 Å². The third-order valence-corrected chi connectivity index (χ3v) is 4.73. The molecule has 3 N–H and O–H groups in total. The standard InChI is InChI=1S/C22H30N6O/c1-5-23-21(25-15-20-27-26-19-8-6-7-13-28(19)20)24-14-18(29)16-9-11-17(12-10-16)22(2,3)4/h6-13,18,29H,5,14-15H2,1-4H3,(H2,23,24,25). The van der Waals surface area contributed by atoms with E-state index in [0.717, 1.165) is 23.6 Å². The molecule has 1 unspecified atom stereocenters. The van der Waals surface area contributed by atoms with Crippen LogP contribution in [0.15, 0.2) is 53.7 Å². The van der Waals surface area contributed by atoms with Crippen molar-refractivity contribution in [2.24, 2.45) is 4.99 Å². The van der Waals surface area contributed by atoms with Crippen molar-refractivity contribution >= 4 is 11.6 Å². The maximum absolute atomic E-state index is 10.6. The van der Waals surface area contributed by atoms with Crippen molar-refractivity contribution < 1.29 is 5.11 Å². The van der Waals surface area contributed by atoms with E-state index >= 15 is 0 Å². The molecule has 3 rings (SSSR count). The number of hydrogen-bond donors (Lipinski definition) is 3. The summed E-state index contributed by atoms with van der Waals surface area (Å²) in [5.41, 5.74) is 3.02. The lowest BCUT2D eigenvalue weighted by atomic mass is 9.86. The number of rotatable bonds is 6. The molecular formula is C22H30N6O. The van der Waals surface area contributed by atoms with Crippen molar-refractivity contribution in [3.8, 4) is 0 Å². The van der Waals surface area contributed by atoms with Crippen LogP contribution in [0.5, 0.6) is 0 Å². The molecule has 1 aromatic carbocycles. The lowest BCUT2D eigenvalue weighted by molar-refractivity contribution is 0.181. The van der Waals surface area contributed by atoms with Gasteiger partial charge in [-0.1, -0.05) is 51.1 Å². The van der Waals surface area contributed by atoms with Gasteiger partial charge in [-0.3, -0.25) is 4.40 Å². The number of aromatic nitrogens is 3. The monoisotopic (exact) mass is 394 g/mol. The molecule has 2 heterocycles. The van der Waals surface area contributed by atoms with Crippen molar-refractivity contribution in [2.75, 3.05) is 13.1 Å². The summed E-state index contributed by atoms with van der Waals surface area (Å²) < 4.78 is 1.92. The zero-order chi connectivity index (χ0) is 20.9. The van der Waals surface area contributed by atoms with Crippen LogP contribution in [0.25, 0.3) is 5.65 Å². The Bertz CT molecular complexity index is 955. The molecule has 0 saturated heterocycles. The molecule has 2 aromatic heterocycles. The van der Waals surface area contributed by atoms with Gasteiger partial charge in [-0.05, 0) is 35.6 Å². The SMILES string of the molecule is CCNC(=NCc1nnc2ccccn12)NCC(O)c1ccc(C(C)(C)C)cc1. The van der Waals surface area contributed by atoms with Crippen LogP contribution in [0.4, 0.5) is 0 Å². The van der Waals surface area contributed by atoms with Crippen LogP contribution in [0.1, 0.15) is 50.8 Å². The maximum Gasteiger partial charge on any atom is 0.191 e. The van der Waals surface area contributed by atoms with Crippen LogP contribution in [-0.2, 0) is 12.0 Å². The minimum atomic E-state index is -0.623. The van der Waals surface area contributed by atoms with E-state index in [4.69, 9.17) is 0 Å². The van der Waals surface area contributed by atoms with Gasteiger partial charge in [0.1, 0.15) is 6.54 Å². The van der Waals surface area contributed by atoms with Crippen LogP contribution < -0.4 is 10.6 Å². The lowest BCUT2D eigenvalue weighted by Crippen LogP contribution is -2.39. The van der Waals surface area contributed by atoms with E-state index in [1.807, 2.05) is 47.9 Å². The first kappa shape index (κ1) is 20.8. The van der Waals surface area contributed by atoms with E-state index in [1.54, 1.807) is 0 Å². The summed E-state index contributed by atoms with van der Waals surface area (Å²) in [4.78, 5) is 4.58. The van der Waals surface area contributed by atoms with Gasteiger partial charge in [-0.15, -0.1) is 10.2 Å². The topological polar surface area (TPSA) is 86.8 Å². The smallest absolute Gasteiger partial charge is 0.191 e. The molecule has 0 aliphatic carbocycles. The van der Waals surface area contributed by atoms with Crippen molar-refractivity contribution in [2.45, 2.75) is 45.8 Å². The Morgan fingerprint density at radius 3 is 2.55 bits per heavy atom. The summed E-state index contributed by atoms with van der Waals surface area (Å²) in [7, 11) is 0. The summed E-state index contributed by atoms with van der Waals surface area (Å²) in [6.45, 7) is 10.0. The molecule has 1 atom stereocenters. The molecule has 0 bridgehead atoms. The largest absolute Gasteiger partial charge is 0.387 e. The van der Waals surface area contributed by atoms with E-state index in [9.17, 15) is 5.11 Å². The Balaban J connectivity index is 1.63. The normalized spacial score (nSPS) is 13.5. The average Bonchev–Trinajstić information content (AvgIpc) is 3.12. The lowest BCUT2D eigenvalue weighted by Gasteiger charge is -2.20. The van der Waals surface area contributed by atoms with E-state index in [1.165, 1.54) is 5.56 Å². The Morgan fingerprint density at radius 2 is 1.86 bits per heavy atom. The number of aliphatic hydroxyl groups is 1. The highest BCUT2D eigenvalue weighted by atomic mass is 16.3. The van der Waals surface area contributed by atoms with E-state index in [2.05, 4.69) is 58.7 Å². The fourth-order valence-corrected chi connectivity index (χ4v) is 3.01. The van der Waals surface area contributed by atoms with E-state index < -0.39 is 6.10 Å². The molecule has 0 aliphatic heterocycles. The molecule has 0 radical (unpaired) electrons. The average molecular weight is 395 g/mol. The first-order valence-corrected chi connectivity index (χ1v) is 9.98. The number of benzene rings is 1. The molecule has 29 heavy (non-hydrogen) atoms. The third kappa shape index (κ3) is 5.32. The van der Waals surface area contributed by atoms with Gasteiger partial charge in [0.2, 0.25) is 0 Å². The highest BCUT2D eigenvalue weighted by Gasteiger charge is 2.15. The second-order valence-corrected chi connectivity index (χ2v) is 8.01. The maximum atomic E-state index is 10.6. The number of nitrogens with one attached hydrogen (secondary N) is 2. The van der Waals surface area contributed by atoms with Crippen molar-refractivity contribution in [1.82, 2.24) is 25.2 Å². The van der Waals surface area contributed by atoms with Gasteiger partial charge in [0.05, 0.1) is 6.10 Å². The molecule has 3 aromatic rings. The fourth-order valence-electron chi connectivity index (χ4n) is 3.01. The van der Waals surface area contributed by atoms with Crippen LogP contribution in [-0.4, -0.2) is 38.8 Å². The predicted molar refractivity (Wildman–Crippen MR) is 116 cm³/mol. The quantitative estimate of drug-likeness (QED) is 0.442. The highest BCUT2D eigenvalue weighted by molar-refractivity contribution is 5.79. The fraction of sp³-hybridized carbons (Fsp3) is 0.409. The number of aliphatic hydroxyl groups excluding tert-OH is 1. The highest BCUT2D eigenvalue weighted by Crippen LogP contribution is 2.23.